The van der Waals surface area contributed by atoms with Crippen LogP contribution in [-0.2, 0) is 0 Å². The molecule has 0 aliphatic heterocycles. The first-order valence-corrected chi connectivity index (χ1v) is 5.60. The molecule has 88 valence electrons. The maximum absolute atomic E-state index is 9.25. The lowest BCUT2D eigenvalue weighted by atomic mass is 9.75. The van der Waals surface area contributed by atoms with Gasteiger partial charge in [0.15, 0.2) is 0 Å². The van der Waals surface area contributed by atoms with Crippen molar-refractivity contribution in [1.29, 1.82) is 0 Å². The molecule has 0 aliphatic carbocycles. The Morgan fingerprint density at radius 1 is 1.31 bits per heavy atom. The Morgan fingerprint density at radius 2 is 1.94 bits per heavy atom. The Hall–Kier alpha value is -0.995. The molecule has 4 heteroatoms. The van der Waals surface area contributed by atoms with Crippen LogP contribution < -0.4 is 10.2 Å². The Bertz CT molecular complexity index is 362. The van der Waals surface area contributed by atoms with E-state index in [2.05, 4.69) is 13.8 Å². The Labute approximate surface area is 97.2 Å². The van der Waals surface area contributed by atoms with Gasteiger partial charge in [0, 0.05) is 0 Å². The third-order valence-corrected chi connectivity index (χ3v) is 2.60. The van der Waals surface area contributed by atoms with Gasteiger partial charge in [0.1, 0.15) is 5.75 Å². The fourth-order valence-electron chi connectivity index (χ4n) is 1.73. The van der Waals surface area contributed by atoms with E-state index in [4.69, 9.17) is 4.74 Å². The van der Waals surface area contributed by atoms with Crippen LogP contribution in [0.1, 0.15) is 37.8 Å². The van der Waals surface area contributed by atoms with Crippen molar-refractivity contribution >= 4 is 12.6 Å². The largest absolute Gasteiger partial charge is 0.494 e. The topological polar surface area (TPSA) is 49.7 Å². The summed E-state index contributed by atoms with van der Waals surface area (Å²) in [5, 5.41) is 18.5. The van der Waals surface area contributed by atoms with Gasteiger partial charge < -0.3 is 14.8 Å². The lowest BCUT2D eigenvalue weighted by Crippen LogP contribution is -2.32. The minimum absolute atomic E-state index is 0.291. The zero-order valence-corrected chi connectivity index (χ0v) is 10.3. The lowest BCUT2D eigenvalue weighted by Gasteiger charge is -2.16. The summed E-state index contributed by atoms with van der Waals surface area (Å²) >= 11 is 0. The first-order chi connectivity index (χ1) is 7.47. The van der Waals surface area contributed by atoms with E-state index in [-0.39, 0.29) is 0 Å². The SMILES string of the molecule is CCOc1cc(C)c(B(O)O)cc1C(C)C. The zero-order chi connectivity index (χ0) is 12.3. The van der Waals surface area contributed by atoms with Gasteiger partial charge in [-0.2, -0.15) is 0 Å². The highest BCUT2D eigenvalue weighted by Crippen LogP contribution is 2.26. The molecule has 0 radical (unpaired) electrons. The van der Waals surface area contributed by atoms with Crippen LogP contribution in [0.15, 0.2) is 12.1 Å². The van der Waals surface area contributed by atoms with Crippen LogP contribution in [0.4, 0.5) is 0 Å². The van der Waals surface area contributed by atoms with Crippen molar-refractivity contribution in [1.82, 2.24) is 0 Å². The average Bonchev–Trinajstić information content (AvgIpc) is 2.17. The normalized spacial score (nSPS) is 10.7. The number of benzene rings is 1. The molecular weight excluding hydrogens is 203 g/mol. The molecule has 1 aromatic rings. The Balaban J connectivity index is 3.25. The molecule has 0 unspecified atom stereocenters. The number of rotatable bonds is 4. The summed E-state index contributed by atoms with van der Waals surface area (Å²) in [7, 11) is -1.42. The first kappa shape index (κ1) is 13.1. The van der Waals surface area contributed by atoms with Gasteiger partial charge in [-0.15, -0.1) is 0 Å². The molecule has 0 aromatic heterocycles. The molecule has 0 saturated heterocycles. The van der Waals surface area contributed by atoms with Crippen molar-refractivity contribution in [3.63, 3.8) is 0 Å². The number of hydrogen-bond donors (Lipinski definition) is 2. The van der Waals surface area contributed by atoms with Gasteiger partial charge >= 0.3 is 7.12 Å². The standard InChI is InChI=1S/C12H19BO3/c1-5-16-12-6-9(4)11(13(14)15)7-10(12)8(2)3/h6-8,14-15H,5H2,1-4H3. The van der Waals surface area contributed by atoms with E-state index in [0.29, 0.717) is 18.0 Å². The number of hydrogen-bond acceptors (Lipinski definition) is 3. The molecule has 1 rings (SSSR count). The predicted octanol–water partition coefficient (Wildman–Crippen LogP) is 1.20. The summed E-state index contributed by atoms with van der Waals surface area (Å²) < 4.78 is 5.55. The fraction of sp³-hybridized carbons (Fsp3) is 0.500. The number of ether oxygens (including phenoxy) is 1. The summed E-state index contributed by atoms with van der Waals surface area (Å²) in [6, 6.07) is 3.68. The van der Waals surface area contributed by atoms with Crippen molar-refractivity contribution in [2.75, 3.05) is 6.61 Å². The monoisotopic (exact) mass is 222 g/mol. The Kier molecular flexibility index (Phi) is 4.39. The van der Waals surface area contributed by atoms with Gasteiger partial charge in [0.2, 0.25) is 0 Å². The van der Waals surface area contributed by atoms with E-state index in [9.17, 15) is 10.0 Å². The van der Waals surface area contributed by atoms with Gasteiger partial charge in [0.25, 0.3) is 0 Å². The second-order valence-electron chi connectivity index (χ2n) is 4.21. The third-order valence-electron chi connectivity index (χ3n) is 2.60. The molecule has 16 heavy (non-hydrogen) atoms. The van der Waals surface area contributed by atoms with Crippen LogP contribution in [0, 0.1) is 6.92 Å². The molecule has 3 nitrogen and oxygen atoms in total. The van der Waals surface area contributed by atoms with E-state index in [1.807, 2.05) is 26.0 Å². The zero-order valence-electron chi connectivity index (χ0n) is 10.3. The highest BCUT2D eigenvalue weighted by Gasteiger charge is 2.18. The second kappa shape index (κ2) is 5.37. The fourth-order valence-corrected chi connectivity index (χ4v) is 1.73. The lowest BCUT2D eigenvalue weighted by molar-refractivity contribution is 0.335. The summed E-state index contributed by atoms with van der Waals surface area (Å²) in [6.07, 6.45) is 0. The highest BCUT2D eigenvalue weighted by atomic mass is 16.5. The maximum atomic E-state index is 9.25. The van der Waals surface area contributed by atoms with Crippen LogP contribution in [0.25, 0.3) is 0 Å². The molecule has 1 aromatic carbocycles. The third kappa shape index (κ3) is 2.77. The minimum Gasteiger partial charge on any atom is -0.494 e. The first-order valence-electron chi connectivity index (χ1n) is 5.60. The van der Waals surface area contributed by atoms with E-state index in [0.717, 1.165) is 16.9 Å². The summed E-state index contributed by atoms with van der Waals surface area (Å²) in [5.74, 6) is 1.12. The van der Waals surface area contributed by atoms with Crippen LogP contribution in [0.3, 0.4) is 0 Å². The Morgan fingerprint density at radius 3 is 2.38 bits per heavy atom. The second-order valence-corrected chi connectivity index (χ2v) is 4.21. The van der Waals surface area contributed by atoms with E-state index >= 15 is 0 Å². The van der Waals surface area contributed by atoms with Crippen LogP contribution in [0.5, 0.6) is 5.75 Å². The predicted molar refractivity (Wildman–Crippen MR) is 66.3 cm³/mol. The molecule has 2 N–H and O–H groups in total. The molecule has 0 amide bonds. The molecule has 0 saturated carbocycles. The van der Waals surface area contributed by atoms with Gasteiger partial charge in [-0.25, -0.2) is 0 Å². The quantitative estimate of drug-likeness (QED) is 0.752. The molecule has 0 aliphatic rings. The average molecular weight is 222 g/mol. The molecule has 0 spiro atoms. The summed E-state index contributed by atoms with van der Waals surface area (Å²) in [6.45, 7) is 8.51. The van der Waals surface area contributed by atoms with Gasteiger partial charge in [-0.1, -0.05) is 19.9 Å². The minimum atomic E-state index is -1.42. The van der Waals surface area contributed by atoms with E-state index in [1.54, 1.807) is 0 Å². The van der Waals surface area contributed by atoms with Crippen LogP contribution in [0.2, 0.25) is 0 Å². The van der Waals surface area contributed by atoms with Crippen molar-refractivity contribution in [3.8, 4) is 5.75 Å². The highest BCUT2D eigenvalue weighted by molar-refractivity contribution is 6.59. The van der Waals surface area contributed by atoms with E-state index < -0.39 is 7.12 Å². The summed E-state index contributed by atoms with van der Waals surface area (Å²) in [5.41, 5.74) is 2.39. The van der Waals surface area contributed by atoms with Crippen molar-refractivity contribution in [3.05, 3.63) is 23.3 Å². The molecular formula is C12H19BO3. The van der Waals surface area contributed by atoms with Crippen molar-refractivity contribution in [2.45, 2.75) is 33.6 Å². The van der Waals surface area contributed by atoms with Crippen LogP contribution >= 0.6 is 0 Å². The van der Waals surface area contributed by atoms with Gasteiger partial charge in [-0.05, 0) is 42.4 Å². The molecule has 0 heterocycles. The van der Waals surface area contributed by atoms with Crippen LogP contribution in [-0.4, -0.2) is 23.8 Å². The van der Waals surface area contributed by atoms with Crippen molar-refractivity contribution in [2.24, 2.45) is 0 Å². The van der Waals surface area contributed by atoms with E-state index in [1.165, 1.54) is 0 Å². The van der Waals surface area contributed by atoms with Gasteiger partial charge in [0.05, 0.1) is 6.61 Å². The van der Waals surface area contributed by atoms with Crippen molar-refractivity contribution < 1.29 is 14.8 Å². The smallest absolute Gasteiger partial charge is 0.488 e. The number of aryl methyl sites for hydroxylation is 1. The molecule has 0 atom stereocenters. The summed E-state index contributed by atoms with van der Waals surface area (Å²) in [4.78, 5) is 0. The van der Waals surface area contributed by atoms with Gasteiger partial charge in [-0.3, -0.25) is 0 Å². The molecule has 0 fully saturated rings. The maximum Gasteiger partial charge on any atom is 0.488 e. The molecule has 0 bridgehead atoms.